The standard InChI is InChI=1S/C7H16N2/c1-2-3-4-7(9)5-6-8/h2-3,7H,4-6,8-9H2,1H3/b3-2-. The lowest BCUT2D eigenvalue weighted by atomic mass is 10.1. The molecule has 54 valence electrons. The molecule has 2 heteroatoms. The summed E-state index contributed by atoms with van der Waals surface area (Å²) in [4.78, 5) is 0. The van der Waals surface area contributed by atoms with Crippen molar-refractivity contribution in [2.75, 3.05) is 6.54 Å². The number of nitrogens with two attached hydrogens (primary N) is 2. The highest BCUT2D eigenvalue weighted by molar-refractivity contribution is 4.81. The molecule has 0 aromatic heterocycles. The fourth-order valence-electron chi connectivity index (χ4n) is 0.643. The van der Waals surface area contributed by atoms with Gasteiger partial charge in [-0.3, -0.25) is 0 Å². The minimum Gasteiger partial charge on any atom is -0.330 e. The summed E-state index contributed by atoms with van der Waals surface area (Å²) in [5, 5.41) is 0. The third kappa shape index (κ3) is 5.53. The summed E-state index contributed by atoms with van der Waals surface area (Å²) in [6.07, 6.45) is 5.95. The molecule has 0 aliphatic heterocycles. The summed E-state index contributed by atoms with van der Waals surface area (Å²) in [6.45, 7) is 2.69. The van der Waals surface area contributed by atoms with Crippen molar-refractivity contribution in [2.24, 2.45) is 11.5 Å². The normalized spacial score (nSPS) is 14.6. The molecule has 1 unspecified atom stereocenters. The van der Waals surface area contributed by atoms with Gasteiger partial charge >= 0.3 is 0 Å². The molecule has 0 aromatic carbocycles. The number of rotatable bonds is 4. The average molecular weight is 128 g/mol. The lowest BCUT2D eigenvalue weighted by molar-refractivity contribution is 0.629. The Hall–Kier alpha value is -0.340. The number of hydrogen-bond donors (Lipinski definition) is 2. The maximum atomic E-state index is 5.64. The summed E-state index contributed by atoms with van der Waals surface area (Å²) >= 11 is 0. The van der Waals surface area contributed by atoms with Crippen LogP contribution in [0.2, 0.25) is 0 Å². The van der Waals surface area contributed by atoms with Gasteiger partial charge < -0.3 is 11.5 Å². The highest BCUT2D eigenvalue weighted by Gasteiger charge is 1.95. The van der Waals surface area contributed by atoms with Crippen LogP contribution in [-0.4, -0.2) is 12.6 Å². The Morgan fingerprint density at radius 3 is 2.67 bits per heavy atom. The molecule has 0 rings (SSSR count). The highest BCUT2D eigenvalue weighted by Crippen LogP contribution is 1.93. The summed E-state index contributed by atoms with van der Waals surface area (Å²) in [7, 11) is 0. The van der Waals surface area contributed by atoms with Crippen LogP contribution in [0.3, 0.4) is 0 Å². The van der Waals surface area contributed by atoms with Gasteiger partial charge in [0.2, 0.25) is 0 Å². The Morgan fingerprint density at radius 2 is 2.22 bits per heavy atom. The molecule has 9 heavy (non-hydrogen) atoms. The molecule has 0 bridgehead atoms. The van der Waals surface area contributed by atoms with Gasteiger partial charge in [0.25, 0.3) is 0 Å². The third-order valence-corrected chi connectivity index (χ3v) is 1.21. The van der Waals surface area contributed by atoms with Crippen LogP contribution in [0.1, 0.15) is 19.8 Å². The lowest BCUT2D eigenvalue weighted by Gasteiger charge is -2.04. The maximum absolute atomic E-state index is 5.64. The van der Waals surface area contributed by atoms with Crippen LogP contribution >= 0.6 is 0 Å². The molecule has 0 saturated carbocycles. The summed E-state index contributed by atoms with van der Waals surface area (Å²) in [6, 6.07) is 0.256. The van der Waals surface area contributed by atoms with Crippen LogP contribution < -0.4 is 11.5 Å². The number of hydrogen-bond acceptors (Lipinski definition) is 2. The zero-order chi connectivity index (χ0) is 7.11. The number of allylic oxidation sites excluding steroid dienone is 1. The fourth-order valence-corrected chi connectivity index (χ4v) is 0.643. The molecular weight excluding hydrogens is 112 g/mol. The molecule has 0 aromatic rings. The lowest BCUT2D eigenvalue weighted by Crippen LogP contribution is -2.22. The Labute approximate surface area is 56.9 Å². The molecular formula is C7H16N2. The fraction of sp³-hybridized carbons (Fsp3) is 0.714. The van der Waals surface area contributed by atoms with Crippen molar-refractivity contribution >= 4 is 0 Å². The van der Waals surface area contributed by atoms with E-state index in [0.717, 1.165) is 12.8 Å². The van der Waals surface area contributed by atoms with Crippen molar-refractivity contribution < 1.29 is 0 Å². The molecule has 0 saturated heterocycles. The summed E-state index contributed by atoms with van der Waals surface area (Å²) in [5.41, 5.74) is 10.9. The first-order chi connectivity index (χ1) is 4.31. The van der Waals surface area contributed by atoms with E-state index in [-0.39, 0.29) is 6.04 Å². The first kappa shape index (κ1) is 8.66. The van der Waals surface area contributed by atoms with Crippen molar-refractivity contribution in [3.05, 3.63) is 12.2 Å². The molecule has 0 aliphatic rings. The van der Waals surface area contributed by atoms with Gasteiger partial charge in [-0.2, -0.15) is 0 Å². The molecule has 4 N–H and O–H groups in total. The van der Waals surface area contributed by atoms with E-state index in [4.69, 9.17) is 11.5 Å². The molecule has 0 spiro atoms. The average Bonchev–Trinajstić information content (AvgIpc) is 1.85. The smallest absolute Gasteiger partial charge is 0.00854 e. The second-order valence-electron chi connectivity index (χ2n) is 2.14. The van der Waals surface area contributed by atoms with Crippen molar-refractivity contribution in [3.63, 3.8) is 0 Å². The van der Waals surface area contributed by atoms with Crippen molar-refractivity contribution in [1.82, 2.24) is 0 Å². The van der Waals surface area contributed by atoms with E-state index in [2.05, 4.69) is 6.08 Å². The Balaban J connectivity index is 3.15. The van der Waals surface area contributed by atoms with Gasteiger partial charge in [0.05, 0.1) is 0 Å². The van der Waals surface area contributed by atoms with Gasteiger partial charge in [-0.15, -0.1) is 0 Å². The molecule has 0 fully saturated rings. The monoisotopic (exact) mass is 128 g/mol. The van der Waals surface area contributed by atoms with E-state index in [1.54, 1.807) is 0 Å². The summed E-state index contributed by atoms with van der Waals surface area (Å²) in [5.74, 6) is 0. The van der Waals surface area contributed by atoms with Gasteiger partial charge in [-0.05, 0) is 26.3 Å². The van der Waals surface area contributed by atoms with E-state index in [1.807, 2.05) is 13.0 Å². The third-order valence-electron chi connectivity index (χ3n) is 1.21. The van der Waals surface area contributed by atoms with E-state index in [0.29, 0.717) is 6.54 Å². The first-order valence-corrected chi connectivity index (χ1v) is 3.38. The molecule has 1 atom stereocenters. The predicted octanol–water partition coefficient (Wildman–Crippen LogP) is 0.629. The van der Waals surface area contributed by atoms with Gasteiger partial charge in [0, 0.05) is 6.04 Å². The second-order valence-corrected chi connectivity index (χ2v) is 2.14. The predicted molar refractivity (Wildman–Crippen MR) is 41.1 cm³/mol. The van der Waals surface area contributed by atoms with Crippen molar-refractivity contribution in [2.45, 2.75) is 25.8 Å². The largest absolute Gasteiger partial charge is 0.330 e. The SMILES string of the molecule is C/C=C\CC(N)CCN. The topological polar surface area (TPSA) is 52.0 Å². The molecule has 0 amide bonds. The Morgan fingerprint density at radius 1 is 1.56 bits per heavy atom. The van der Waals surface area contributed by atoms with Gasteiger partial charge in [-0.1, -0.05) is 12.2 Å². The van der Waals surface area contributed by atoms with E-state index in [1.165, 1.54) is 0 Å². The maximum Gasteiger partial charge on any atom is 0.00854 e. The molecule has 0 aliphatic carbocycles. The van der Waals surface area contributed by atoms with Crippen LogP contribution in [0.5, 0.6) is 0 Å². The highest BCUT2D eigenvalue weighted by atomic mass is 14.6. The Kier molecular flexibility index (Phi) is 5.57. The zero-order valence-electron chi connectivity index (χ0n) is 6.01. The Bertz CT molecular complexity index is 79.0. The molecule has 2 nitrogen and oxygen atoms in total. The van der Waals surface area contributed by atoms with Gasteiger partial charge in [-0.25, -0.2) is 0 Å². The minimum atomic E-state index is 0.256. The van der Waals surface area contributed by atoms with Crippen LogP contribution in [0.15, 0.2) is 12.2 Å². The molecule has 0 radical (unpaired) electrons. The van der Waals surface area contributed by atoms with Crippen LogP contribution in [0.4, 0.5) is 0 Å². The quantitative estimate of drug-likeness (QED) is 0.545. The molecule has 0 heterocycles. The van der Waals surface area contributed by atoms with E-state index in [9.17, 15) is 0 Å². The van der Waals surface area contributed by atoms with E-state index >= 15 is 0 Å². The van der Waals surface area contributed by atoms with E-state index < -0.39 is 0 Å². The van der Waals surface area contributed by atoms with Gasteiger partial charge in [0.15, 0.2) is 0 Å². The van der Waals surface area contributed by atoms with Crippen molar-refractivity contribution in [1.29, 1.82) is 0 Å². The zero-order valence-corrected chi connectivity index (χ0v) is 6.01. The van der Waals surface area contributed by atoms with Crippen molar-refractivity contribution in [3.8, 4) is 0 Å². The van der Waals surface area contributed by atoms with Crippen LogP contribution in [-0.2, 0) is 0 Å². The second kappa shape index (κ2) is 5.79. The first-order valence-electron chi connectivity index (χ1n) is 3.38. The summed E-state index contributed by atoms with van der Waals surface area (Å²) < 4.78 is 0. The van der Waals surface area contributed by atoms with Crippen LogP contribution in [0, 0.1) is 0 Å². The van der Waals surface area contributed by atoms with Gasteiger partial charge in [0.1, 0.15) is 0 Å². The minimum absolute atomic E-state index is 0.256. The van der Waals surface area contributed by atoms with Crippen LogP contribution in [0.25, 0.3) is 0 Å².